The molecule has 0 bridgehead atoms. The summed E-state index contributed by atoms with van der Waals surface area (Å²) in [6, 6.07) is 6.95. The van der Waals surface area contributed by atoms with Gasteiger partial charge in [-0.15, -0.1) is 0 Å². The average molecular weight is 321 g/mol. The van der Waals surface area contributed by atoms with E-state index < -0.39 is 0 Å². The summed E-state index contributed by atoms with van der Waals surface area (Å²) in [5, 5.41) is 0.622. The highest BCUT2D eigenvalue weighted by Crippen LogP contribution is 2.23. The molecule has 2 aliphatic heterocycles. The van der Waals surface area contributed by atoms with Gasteiger partial charge in [0, 0.05) is 36.8 Å². The number of piperidine rings is 1. The number of halogens is 1. The lowest BCUT2D eigenvalue weighted by Gasteiger charge is -2.34. The van der Waals surface area contributed by atoms with Crippen LogP contribution in [-0.2, 0) is 4.79 Å². The van der Waals surface area contributed by atoms with Gasteiger partial charge in [-0.3, -0.25) is 9.59 Å². The Morgan fingerprint density at radius 2 is 1.59 bits per heavy atom. The fourth-order valence-corrected chi connectivity index (χ4v) is 3.46. The van der Waals surface area contributed by atoms with Crippen LogP contribution in [0.25, 0.3) is 0 Å². The van der Waals surface area contributed by atoms with Crippen molar-refractivity contribution in [3.63, 3.8) is 0 Å². The number of rotatable bonds is 2. The summed E-state index contributed by atoms with van der Waals surface area (Å²) in [4.78, 5) is 28.8. The Morgan fingerprint density at radius 1 is 0.955 bits per heavy atom. The zero-order valence-corrected chi connectivity index (χ0v) is 13.4. The summed E-state index contributed by atoms with van der Waals surface area (Å²) < 4.78 is 0. The normalized spacial score (nSPS) is 22.0. The molecule has 1 aromatic rings. The van der Waals surface area contributed by atoms with Crippen molar-refractivity contribution in [2.75, 3.05) is 26.2 Å². The lowest BCUT2D eigenvalue weighted by Crippen LogP contribution is -2.46. The third-order valence-corrected chi connectivity index (χ3v) is 4.82. The number of hydrogen-bond acceptors (Lipinski definition) is 2. The first-order valence-electron chi connectivity index (χ1n) is 7.99. The molecular weight excluding hydrogens is 300 g/mol. The first kappa shape index (κ1) is 15.3. The standard InChI is InChI=1S/C17H21ClN2O2/c18-15-7-5-13(6-8-15)16(21)20-11-3-4-14(12-20)17(22)19-9-1-2-10-19/h5-8,14H,1-4,9-12H2. The summed E-state index contributed by atoms with van der Waals surface area (Å²) in [6.45, 7) is 3.02. The number of likely N-dealkylation sites (tertiary alicyclic amines) is 2. The molecule has 2 saturated heterocycles. The molecule has 1 aromatic carbocycles. The molecule has 0 radical (unpaired) electrons. The molecule has 22 heavy (non-hydrogen) atoms. The van der Waals surface area contributed by atoms with Crippen molar-refractivity contribution >= 4 is 23.4 Å². The Kier molecular flexibility index (Phi) is 4.67. The van der Waals surface area contributed by atoms with Crippen LogP contribution in [0.1, 0.15) is 36.0 Å². The molecule has 2 heterocycles. The third-order valence-electron chi connectivity index (χ3n) is 4.57. The van der Waals surface area contributed by atoms with Crippen LogP contribution in [0.4, 0.5) is 0 Å². The van der Waals surface area contributed by atoms with Crippen molar-refractivity contribution in [2.45, 2.75) is 25.7 Å². The average Bonchev–Trinajstić information content (AvgIpc) is 3.09. The quantitative estimate of drug-likeness (QED) is 0.840. The molecular formula is C17H21ClN2O2. The van der Waals surface area contributed by atoms with E-state index in [-0.39, 0.29) is 17.7 Å². The molecule has 1 atom stereocenters. The lowest BCUT2D eigenvalue weighted by molar-refractivity contribution is -0.135. The van der Waals surface area contributed by atoms with Gasteiger partial charge in [-0.1, -0.05) is 11.6 Å². The Labute approximate surface area is 136 Å². The van der Waals surface area contributed by atoms with Crippen molar-refractivity contribution in [1.82, 2.24) is 9.80 Å². The first-order chi connectivity index (χ1) is 10.6. The van der Waals surface area contributed by atoms with Crippen molar-refractivity contribution in [2.24, 2.45) is 5.92 Å². The Bertz CT molecular complexity index is 552. The van der Waals surface area contributed by atoms with E-state index in [0.717, 1.165) is 45.3 Å². The minimum absolute atomic E-state index is 0.00408. The maximum Gasteiger partial charge on any atom is 0.253 e. The summed E-state index contributed by atoms with van der Waals surface area (Å²) in [5.74, 6) is 0.185. The van der Waals surface area contributed by atoms with E-state index in [9.17, 15) is 9.59 Å². The minimum atomic E-state index is -0.0388. The second-order valence-corrected chi connectivity index (χ2v) is 6.57. The molecule has 1 unspecified atom stereocenters. The fourth-order valence-electron chi connectivity index (χ4n) is 3.33. The molecule has 2 aliphatic rings. The van der Waals surface area contributed by atoms with Gasteiger partial charge in [0.25, 0.3) is 5.91 Å². The van der Waals surface area contributed by atoms with Crippen molar-refractivity contribution in [1.29, 1.82) is 0 Å². The number of carbonyl (C=O) groups is 2. The topological polar surface area (TPSA) is 40.6 Å². The van der Waals surface area contributed by atoms with Crippen molar-refractivity contribution in [3.8, 4) is 0 Å². The first-order valence-corrected chi connectivity index (χ1v) is 8.36. The largest absolute Gasteiger partial charge is 0.342 e. The van der Waals surface area contributed by atoms with Crippen LogP contribution >= 0.6 is 11.6 Å². The van der Waals surface area contributed by atoms with Crippen LogP contribution in [0.15, 0.2) is 24.3 Å². The van der Waals surface area contributed by atoms with Gasteiger partial charge in [0.2, 0.25) is 5.91 Å². The lowest BCUT2D eigenvalue weighted by atomic mass is 9.96. The molecule has 3 rings (SSSR count). The van der Waals surface area contributed by atoms with Crippen LogP contribution in [0.5, 0.6) is 0 Å². The van der Waals surface area contributed by atoms with Crippen LogP contribution < -0.4 is 0 Å². The predicted octanol–water partition coefficient (Wildman–Crippen LogP) is 2.81. The summed E-state index contributed by atoms with van der Waals surface area (Å²) in [7, 11) is 0. The zero-order chi connectivity index (χ0) is 15.5. The minimum Gasteiger partial charge on any atom is -0.342 e. The van der Waals surface area contributed by atoms with Gasteiger partial charge in [-0.25, -0.2) is 0 Å². The highest BCUT2D eigenvalue weighted by Gasteiger charge is 2.32. The molecule has 5 heteroatoms. The molecule has 2 fully saturated rings. The zero-order valence-electron chi connectivity index (χ0n) is 12.6. The molecule has 4 nitrogen and oxygen atoms in total. The van der Waals surface area contributed by atoms with Gasteiger partial charge in [0.15, 0.2) is 0 Å². The number of amides is 2. The number of benzene rings is 1. The highest BCUT2D eigenvalue weighted by molar-refractivity contribution is 6.30. The van der Waals surface area contributed by atoms with E-state index in [1.807, 2.05) is 9.80 Å². The summed E-state index contributed by atoms with van der Waals surface area (Å²) in [6.07, 6.45) is 3.99. The highest BCUT2D eigenvalue weighted by atomic mass is 35.5. The van der Waals surface area contributed by atoms with Crippen LogP contribution in [0.3, 0.4) is 0 Å². The third kappa shape index (κ3) is 3.27. The van der Waals surface area contributed by atoms with E-state index in [0.29, 0.717) is 17.1 Å². The second-order valence-electron chi connectivity index (χ2n) is 6.13. The van der Waals surface area contributed by atoms with E-state index in [2.05, 4.69) is 0 Å². The van der Waals surface area contributed by atoms with Gasteiger partial charge < -0.3 is 9.80 Å². The van der Waals surface area contributed by atoms with Gasteiger partial charge >= 0.3 is 0 Å². The molecule has 0 aliphatic carbocycles. The van der Waals surface area contributed by atoms with Gasteiger partial charge in [-0.05, 0) is 49.9 Å². The summed E-state index contributed by atoms with van der Waals surface area (Å²) in [5.41, 5.74) is 0.638. The number of nitrogens with zero attached hydrogens (tertiary/aromatic N) is 2. The molecule has 118 valence electrons. The molecule has 0 spiro atoms. The van der Waals surface area contributed by atoms with Gasteiger partial charge in [0.05, 0.1) is 5.92 Å². The van der Waals surface area contributed by atoms with E-state index in [1.54, 1.807) is 24.3 Å². The fraction of sp³-hybridized carbons (Fsp3) is 0.529. The number of hydrogen-bond donors (Lipinski definition) is 0. The number of carbonyl (C=O) groups excluding carboxylic acids is 2. The van der Waals surface area contributed by atoms with E-state index >= 15 is 0 Å². The predicted molar refractivity (Wildman–Crippen MR) is 85.9 cm³/mol. The Balaban J connectivity index is 1.65. The van der Waals surface area contributed by atoms with Crippen LogP contribution in [0.2, 0.25) is 5.02 Å². The molecule has 0 aromatic heterocycles. The summed E-state index contributed by atoms with van der Waals surface area (Å²) >= 11 is 5.86. The Morgan fingerprint density at radius 3 is 2.27 bits per heavy atom. The van der Waals surface area contributed by atoms with Crippen LogP contribution in [-0.4, -0.2) is 47.8 Å². The van der Waals surface area contributed by atoms with Crippen LogP contribution in [0, 0.1) is 5.92 Å². The van der Waals surface area contributed by atoms with Gasteiger partial charge in [-0.2, -0.15) is 0 Å². The van der Waals surface area contributed by atoms with Crippen molar-refractivity contribution < 1.29 is 9.59 Å². The maximum atomic E-state index is 12.6. The van der Waals surface area contributed by atoms with Gasteiger partial charge in [0.1, 0.15) is 0 Å². The smallest absolute Gasteiger partial charge is 0.253 e. The molecule has 0 N–H and O–H groups in total. The SMILES string of the molecule is O=C(c1ccc(Cl)cc1)N1CCCC(C(=O)N2CCCC2)C1. The molecule has 0 saturated carbocycles. The van der Waals surface area contributed by atoms with E-state index in [1.165, 1.54) is 0 Å². The monoisotopic (exact) mass is 320 g/mol. The Hall–Kier alpha value is -1.55. The molecule has 2 amide bonds. The second kappa shape index (κ2) is 6.69. The van der Waals surface area contributed by atoms with Crippen molar-refractivity contribution in [3.05, 3.63) is 34.9 Å². The van der Waals surface area contributed by atoms with E-state index in [4.69, 9.17) is 11.6 Å². The maximum absolute atomic E-state index is 12.6.